The Kier molecular flexibility index (Phi) is 5.79. The SMILES string of the molecule is COCCNC(=O)COc1c(F)cccc1C=O. The summed E-state index contributed by atoms with van der Waals surface area (Å²) in [7, 11) is 1.51. The van der Waals surface area contributed by atoms with E-state index in [2.05, 4.69) is 5.32 Å². The van der Waals surface area contributed by atoms with Crippen LogP contribution in [-0.4, -0.2) is 39.1 Å². The summed E-state index contributed by atoms with van der Waals surface area (Å²) in [6.07, 6.45) is 0.473. The van der Waals surface area contributed by atoms with Gasteiger partial charge in [0.1, 0.15) is 0 Å². The molecule has 0 saturated carbocycles. The highest BCUT2D eigenvalue weighted by Gasteiger charge is 2.11. The van der Waals surface area contributed by atoms with Crippen LogP contribution in [-0.2, 0) is 9.53 Å². The first kappa shape index (κ1) is 14.1. The summed E-state index contributed by atoms with van der Waals surface area (Å²) in [5, 5.41) is 2.51. The summed E-state index contributed by atoms with van der Waals surface area (Å²) >= 11 is 0. The molecule has 1 N–H and O–H groups in total. The molecule has 1 amide bonds. The average Bonchev–Trinajstić information content (AvgIpc) is 2.37. The number of aldehydes is 1. The van der Waals surface area contributed by atoms with E-state index in [0.717, 1.165) is 6.07 Å². The maximum absolute atomic E-state index is 13.4. The Morgan fingerprint density at radius 2 is 2.28 bits per heavy atom. The van der Waals surface area contributed by atoms with Crippen LogP contribution >= 0.6 is 0 Å². The third-order valence-electron chi connectivity index (χ3n) is 2.10. The van der Waals surface area contributed by atoms with Crippen LogP contribution in [0.2, 0.25) is 0 Å². The van der Waals surface area contributed by atoms with Gasteiger partial charge in [0, 0.05) is 13.7 Å². The van der Waals surface area contributed by atoms with Crippen molar-refractivity contribution in [2.24, 2.45) is 0 Å². The van der Waals surface area contributed by atoms with E-state index in [1.54, 1.807) is 0 Å². The summed E-state index contributed by atoms with van der Waals surface area (Å²) in [6.45, 7) is 0.368. The van der Waals surface area contributed by atoms with E-state index < -0.39 is 11.7 Å². The first-order valence-corrected chi connectivity index (χ1v) is 5.31. The van der Waals surface area contributed by atoms with Crippen LogP contribution in [0.25, 0.3) is 0 Å². The van der Waals surface area contributed by atoms with E-state index in [0.29, 0.717) is 19.4 Å². The second-order valence-corrected chi connectivity index (χ2v) is 3.41. The van der Waals surface area contributed by atoms with E-state index in [4.69, 9.17) is 9.47 Å². The molecule has 0 saturated heterocycles. The molecule has 0 aromatic heterocycles. The summed E-state index contributed by atoms with van der Waals surface area (Å²) in [6, 6.07) is 3.96. The summed E-state index contributed by atoms with van der Waals surface area (Å²) in [4.78, 5) is 22.0. The average molecular weight is 255 g/mol. The zero-order valence-electron chi connectivity index (χ0n) is 9.94. The predicted octanol–water partition coefficient (Wildman–Crippen LogP) is 0.780. The Morgan fingerprint density at radius 3 is 2.94 bits per heavy atom. The minimum Gasteiger partial charge on any atom is -0.480 e. The summed E-state index contributed by atoms with van der Waals surface area (Å²) in [5.74, 6) is -1.30. The second-order valence-electron chi connectivity index (χ2n) is 3.41. The molecule has 0 atom stereocenters. The van der Waals surface area contributed by atoms with Gasteiger partial charge in [0.25, 0.3) is 5.91 Å². The van der Waals surface area contributed by atoms with Crippen LogP contribution in [0.3, 0.4) is 0 Å². The van der Waals surface area contributed by atoms with Crippen molar-refractivity contribution >= 4 is 12.2 Å². The molecule has 6 heteroatoms. The number of carbonyl (C=O) groups is 2. The minimum atomic E-state index is -0.677. The molecule has 0 bridgehead atoms. The van der Waals surface area contributed by atoms with Gasteiger partial charge in [-0.25, -0.2) is 4.39 Å². The van der Waals surface area contributed by atoms with Crippen LogP contribution < -0.4 is 10.1 Å². The first-order valence-electron chi connectivity index (χ1n) is 5.31. The minimum absolute atomic E-state index is 0.0692. The topological polar surface area (TPSA) is 64.6 Å². The number of amides is 1. The molecule has 5 nitrogen and oxygen atoms in total. The largest absolute Gasteiger partial charge is 0.480 e. The molecule has 1 rings (SSSR count). The number of methoxy groups -OCH3 is 1. The quantitative estimate of drug-likeness (QED) is 0.577. The van der Waals surface area contributed by atoms with Crippen molar-refractivity contribution in [1.82, 2.24) is 5.32 Å². The van der Waals surface area contributed by atoms with Gasteiger partial charge in [-0.3, -0.25) is 9.59 Å². The lowest BCUT2D eigenvalue weighted by atomic mass is 10.2. The monoisotopic (exact) mass is 255 g/mol. The molecular formula is C12H14FNO4. The van der Waals surface area contributed by atoms with Crippen LogP contribution in [0.4, 0.5) is 4.39 Å². The van der Waals surface area contributed by atoms with Crippen molar-refractivity contribution in [1.29, 1.82) is 0 Å². The highest BCUT2D eigenvalue weighted by molar-refractivity contribution is 5.80. The number of ether oxygens (including phenoxy) is 2. The van der Waals surface area contributed by atoms with Gasteiger partial charge < -0.3 is 14.8 Å². The Labute approximate surface area is 104 Å². The molecule has 1 aromatic rings. The summed E-state index contributed by atoms with van der Waals surface area (Å²) in [5.41, 5.74) is 0.0692. The van der Waals surface area contributed by atoms with E-state index in [1.807, 2.05) is 0 Å². The molecule has 1 aromatic carbocycles. The van der Waals surface area contributed by atoms with Crippen LogP contribution in [0, 0.1) is 5.82 Å². The molecule has 0 fully saturated rings. The summed E-state index contributed by atoms with van der Waals surface area (Å²) < 4.78 is 23.1. The Morgan fingerprint density at radius 1 is 1.50 bits per heavy atom. The molecule has 0 heterocycles. The van der Waals surface area contributed by atoms with E-state index in [1.165, 1.54) is 19.2 Å². The molecule has 0 aliphatic carbocycles. The van der Waals surface area contributed by atoms with Gasteiger partial charge in [0.05, 0.1) is 12.2 Å². The van der Waals surface area contributed by atoms with Crippen molar-refractivity contribution in [3.8, 4) is 5.75 Å². The fourth-order valence-electron chi connectivity index (χ4n) is 1.25. The molecular weight excluding hydrogens is 241 g/mol. The standard InChI is InChI=1S/C12H14FNO4/c1-17-6-5-14-11(16)8-18-12-9(7-15)3-2-4-10(12)13/h2-4,7H,5-6,8H2,1H3,(H,14,16). The number of nitrogens with one attached hydrogen (secondary N) is 1. The highest BCUT2D eigenvalue weighted by Crippen LogP contribution is 2.20. The van der Waals surface area contributed by atoms with Crippen LogP contribution in [0.15, 0.2) is 18.2 Å². The third kappa shape index (κ3) is 4.14. The lowest BCUT2D eigenvalue weighted by Crippen LogP contribution is -2.31. The predicted molar refractivity (Wildman–Crippen MR) is 62.2 cm³/mol. The molecule has 0 radical (unpaired) electrons. The van der Waals surface area contributed by atoms with Crippen LogP contribution in [0.5, 0.6) is 5.75 Å². The fraction of sp³-hybridized carbons (Fsp3) is 0.333. The Bertz CT molecular complexity index is 423. The number of carbonyl (C=O) groups excluding carboxylic acids is 2. The highest BCUT2D eigenvalue weighted by atomic mass is 19.1. The molecule has 0 aliphatic rings. The molecule has 98 valence electrons. The number of rotatable bonds is 7. The fourth-order valence-corrected chi connectivity index (χ4v) is 1.25. The lowest BCUT2D eigenvalue weighted by molar-refractivity contribution is -0.123. The smallest absolute Gasteiger partial charge is 0.258 e. The number of halogens is 1. The zero-order valence-corrected chi connectivity index (χ0v) is 9.94. The normalized spacial score (nSPS) is 9.89. The van der Waals surface area contributed by atoms with Crippen molar-refractivity contribution in [2.45, 2.75) is 0 Å². The molecule has 18 heavy (non-hydrogen) atoms. The molecule has 0 unspecified atom stereocenters. The number of hydrogen-bond acceptors (Lipinski definition) is 4. The second kappa shape index (κ2) is 7.39. The Balaban J connectivity index is 2.53. The number of benzene rings is 1. The number of hydrogen-bond donors (Lipinski definition) is 1. The van der Waals surface area contributed by atoms with Gasteiger partial charge in [0.2, 0.25) is 0 Å². The maximum Gasteiger partial charge on any atom is 0.258 e. The van der Waals surface area contributed by atoms with E-state index >= 15 is 0 Å². The van der Waals surface area contributed by atoms with Crippen molar-refractivity contribution < 1.29 is 23.5 Å². The maximum atomic E-state index is 13.4. The Hall–Kier alpha value is -1.95. The van der Waals surface area contributed by atoms with Gasteiger partial charge in [-0.15, -0.1) is 0 Å². The van der Waals surface area contributed by atoms with E-state index in [-0.39, 0.29) is 17.9 Å². The lowest BCUT2D eigenvalue weighted by Gasteiger charge is -2.09. The molecule has 0 aliphatic heterocycles. The van der Waals surface area contributed by atoms with E-state index in [9.17, 15) is 14.0 Å². The van der Waals surface area contributed by atoms with Gasteiger partial charge >= 0.3 is 0 Å². The van der Waals surface area contributed by atoms with Gasteiger partial charge in [-0.1, -0.05) is 6.07 Å². The van der Waals surface area contributed by atoms with Crippen molar-refractivity contribution in [3.05, 3.63) is 29.6 Å². The van der Waals surface area contributed by atoms with Crippen molar-refractivity contribution in [2.75, 3.05) is 26.9 Å². The third-order valence-corrected chi connectivity index (χ3v) is 2.10. The number of para-hydroxylation sites is 1. The van der Waals surface area contributed by atoms with Gasteiger partial charge in [0.15, 0.2) is 24.5 Å². The first-order chi connectivity index (χ1) is 8.69. The zero-order chi connectivity index (χ0) is 13.4. The van der Waals surface area contributed by atoms with Gasteiger partial charge in [-0.2, -0.15) is 0 Å². The van der Waals surface area contributed by atoms with Crippen molar-refractivity contribution in [3.63, 3.8) is 0 Å². The molecule has 0 spiro atoms. The van der Waals surface area contributed by atoms with Gasteiger partial charge in [-0.05, 0) is 12.1 Å². The van der Waals surface area contributed by atoms with Crippen LogP contribution in [0.1, 0.15) is 10.4 Å².